The number of carbonyl (C=O) groups is 2. The fraction of sp³-hybridized carbons (Fsp3) is 0.211. The zero-order chi connectivity index (χ0) is 18.5. The summed E-state index contributed by atoms with van der Waals surface area (Å²) in [5, 5.41) is 6.25. The monoisotopic (exact) mass is 387 g/mol. The Hall–Kier alpha value is -2.44. The van der Waals surface area contributed by atoms with Gasteiger partial charge in [0, 0.05) is 23.7 Å². The molecule has 3 rings (SSSR count). The summed E-state index contributed by atoms with van der Waals surface area (Å²) in [5.74, 6) is -0.375. The summed E-state index contributed by atoms with van der Waals surface area (Å²) in [6, 6.07) is 13.7. The van der Waals surface area contributed by atoms with Crippen molar-refractivity contribution in [1.82, 2.24) is 10.2 Å². The maximum absolute atomic E-state index is 12.7. The van der Waals surface area contributed by atoms with Crippen LogP contribution in [0.1, 0.15) is 33.6 Å². The van der Waals surface area contributed by atoms with E-state index in [0.717, 1.165) is 25.9 Å². The van der Waals surface area contributed by atoms with E-state index >= 15 is 0 Å². The number of anilines is 1. The normalized spacial score (nSPS) is 13.3. The molecule has 1 saturated heterocycles. The minimum Gasteiger partial charge on any atom is -0.339 e. The highest BCUT2D eigenvalue weighted by Crippen LogP contribution is 2.20. The molecule has 0 spiro atoms. The van der Waals surface area contributed by atoms with Crippen LogP contribution in [-0.4, -0.2) is 34.9 Å². The molecule has 5 nitrogen and oxygen atoms in total. The van der Waals surface area contributed by atoms with E-state index in [1.165, 1.54) is 0 Å². The van der Waals surface area contributed by atoms with Crippen molar-refractivity contribution in [3.8, 4) is 0 Å². The van der Waals surface area contributed by atoms with E-state index in [0.29, 0.717) is 21.8 Å². The molecule has 1 aliphatic rings. The molecule has 2 amide bonds. The summed E-state index contributed by atoms with van der Waals surface area (Å²) in [7, 11) is 0. The van der Waals surface area contributed by atoms with Gasteiger partial charge in [0.15, 0.2) is 5.11 Å². The standard InChI is InChI=1S/C19H18ClN3O2S/c20-14-9-7-13(8-10-14)17(24)22-19(26)21-16-6-2-1-5-15(16)18(25)23-11-3-4-12-23/h1-2,5-10H,3-4,11-12H2,(H2,21,22,24,26). The highest BCUT2D eigenvalue weighted by Gasteiger charge is 2.22. The molecule has 134 valence electrons. The highest BCUT2D eigenvalue weighted by molar-refractivity contribution is 7.80. The van der Waals surface area contributed by atoms with Gasteiger partial charge in [0.2, 0.25) is 0 Å². The first-order valence-electron chi connectivity index (χ1n) is 8.31. The lowest BCUT2D eigenvalue weighted by molar-refractivity contribution is 0.0793. The number of hydrogen-bond acceptors (Lipinski definition) is 3. The van der Waals surface area contributed by atoms with E-state index < -0.39 is 0 Å². The Morgan fingerprint density at radius 3 is 2.35 bits per heavy atom. The van der Waals surface area contributed by atoms with Gasteiger partial charge in [-0.3, -0.25) is 14.9 Å². The van der Waals surface area contributed by atoms with Crippen LogP contribution in [0.4, 0.5) is 5.69 Å². The Morgan fingerprint density at radius 2 is 1.65 bits per heavy atom. The molecule has 0 atom stereocenters. The van der Waals surface area contributed by atoms with Gasteiger partial charge in [0.1, 0.15) is 0 Å². The van der Waals surface area contributed by atoms with Crippen molar-refractivity contribution in [3.63, 3.8) is 0 Å². The molecule has 1 fully saturated rings. The van der Waals surface area contributed by atoms with E-state index in [4.69, 9.17) is 23.8 Å². The number of amides is 2. The molecule has 0 bridgehead atoms. The zero-order valence-electron chi connectivity index (χ0n) is 14.0. The predicted molar refractivity (Wildman–Crippen MR) is 107 cm³/mol. The molecule has 0 radical (unpaired) electrons. The minimum absolute atomic E-state index is 0.0302. The van der Waals surface area contributed by atoms with Gasteiger partial charge < -0.3 is 10.2 Å². The third-order valence-electron chi connectivity index (χ3n) is 4.13. The maximum Gasteiger partial charge on any atom is 0.257 e. The van der Waals surface area contributed by atoms with Crippen LogP contribution < -0.4 is 10.6 Å². The summed E-state index contributed by atoms with van der Waals surface area (Å²) in [4.78, 5) is 26.7. The molecule has 7 heteroatoms. The minimum atomic E-state index is -0.345. The van der Waals surface area contributed by atoms with Gasteiger partial charge in [0.05, 0.1) is 11.3 Å². The fourth-order valence-corrected chi connectivity index (χ4v) is 3.13. The second kappa shape index (κ2) is 8.29. The van der Waals surface area contributed by atoms with Gasteiger partial charge in [-0.05, 0) is 61.5 Å². The lowest BCUT2D eigenvalue weighted by atomic mass is 10.1. The van der Waals surface area contributed by atoms with Gasteiger partial charge in [-0.1, -0.05) is 23.7 Å². The lowest BCUT2D eigenvalue weighted by Gasteiger charge is -2.18. The number of hydrogen-bond donors (Lipinski definition) is 2. The molecule has 0 unspecified atom stereocenters. The van der Waals surface area contributed by atoms with Crippen LogP contribution in [0, 0.1) is 0 Å². The van der Waals surface area contributed by atoms with E-state index in [1.807, 2.05) is 17.0 Å². The van der Waals surface area contributed by atoms with Crippen molar-refractivity contribution in [3.05, 3.63) is 64.7 Å². The molecule has 2 aromatic carbocycles. The Labute approximate surface area is 162 Å². The summed E-state index contributed by atoms with van der Waals surface area (Å²) in [5.41, 5.74) is 1.56. The first kappa shape index (κ1) is 18.4. The van der Waals surface area contributed by atoms with Crippen molar-refractivity contribution < 1.29 is 9.59 Å². The SMILES string of the molecule is O=C(NC(=S)Nc1ccccc1C(=O)N1CCCC1)c1ccc(Cl)cc1. The van der Waals surface area contributed by atoms with E-state index in [9.17, 15) is 9.59 Å². The Kier molecular flexibility index (Phi) is 5.85. The molecule has 0 aliphatic carbocycles. The summed E-state index contributed by atoms with van der Waals surface area (Å²) in [6.45, 7) is 1.54. The van der Waals surface area contributed by atoms with E-state index in [1.54, 1.807) is 36.4 Å². The van der Waals surface area contributed by atoms with Gasteiger partial charge in [-0.25, -0.2) is 0 Å². The summed E-state index contributed by atoms with van der Waals surface area (Å²) < 4.78 is 0. The molecule has 1 heterocycles. The number of carbonyl (C=O) groups excluding carboxylic acids is 2. The first-order valence-corrected chi connectivity index (χ1v) is 9.09. The van der Waals surface area contributed by atoms with Crippen LogP contribution in [0.3, 0.4) is 0 Å². The second-order valence-corrected chi connectivity index (χ2v) is 6.80. The number of halogens is 1. The van der Waals surface area contributed by atoms with Crippen molar-refractivity contribution in [2.24, 2.45) is 0 Å². The van der Waals surface area contributed by atoms with Crippen LogP contribution >= 0.6 is 23.8 Å². The van der Waals surface area contributed by atoms with Gasteiger partial charge >= 0.3 is 0 Å². The Morgan fingerprint density at radius 1 is 1.00 bits per heavy atom. The molecule has 0 aromatic heterocycles. The molecule has 1 aliphatic heterocycles. The van der Waals surface area contributed by atoms with Crippen molar-refractivity contribution >= 4 is 46.4 Å². The molecular formula is C19H18ClN3O2S. The Bertz CT molecular complexity index is 833. The molecule has 2 aromatic rings. The first-order chi connectivity index (χ1) is 12.5. The van der Waals surface area contributed by atoms with E-state index in [2.05, 4.69) is 10.6 Å². The van der Waals surface area contributed by atoms with Crippen LogP contribution in [0.25, 0.3) is 0 Å². The largest absolute Gasteiger partial charge is 0.339 e. The van der Waals surface area contributed by atoms with Crippen LogP contribution in [0.15, 0.2) is 48.5 Å². The zero-order valence-corrected chi connectivity index (χ0v) is 15.6. The number of nitrogens with one attached hydrogen (secondary N) is 2. The number of para-hydroxylation sites is 1. The quantitative estimate of drug-likeness (QED) is 0.788. The topological polar surface area (TPSA) is 61.4 Å². The average molecular weight is 388 g/mol. The summed E-state index contributed by atoms with van der Waals surface area (Å²) >= 11 is 11.0. The molecule has 26 heavy (non-hydrogen) atoms. The van der Waals surface area contributed by atoms with E-state index in [-0.39, 0.29) is 16.9 Å². The van der Waals surface area contributed by atoms with Crippen molar-refractivity contribution in [2.45, 2.75) is 12.8 Å². The number of thiocarbonyl (C=S) groups is 1. The summed E-state index contributed by atoms with van der Waals surface area (Å²) in [6.07, 6.45) is 2.05. The third-order valence-corrected chi connectivity index (χ3v) is 4.59. The highest BCUT2D eigenvalue weighted by atomic mass is 35.5. The molecule has 0 saturated carbocycles. The van der Waals surface area contributed by atoms with Gasteiger partial charge in [-0.2, -0.15) is 0 Å². The number of nitrogens with zero attached hydrogens (tertiary/aromatic N) is 1. The van der Waals surface area contributed by atoms with Crippen molar-refractivity contribution in [2.75, 3.05) is 18.4 Å². The molecular weight excluding hydrogens is 370 g/mol. The molecule has 2 N–H and O–H groups in total. The third kappa shape index (κ3) is 4.39. The van der Waals surface area contributed by atoms with Gasteiger partial charge in [0.25, 0.3) is 11.8 Å². The van der Waals surface area contributed by atoms with Crippen LogP contribution in [-0.2, 0) is 0 Å². The number of benzene rings is 2. The fourth-order valence-electron chi connectivity index (χ4n) is 2.80. The average Bonchev–Trinajstić information content (AvgIpc) is 3.16. The van der Waals surface area contributed by atoms with Crippen LogP contribution in [0.2, 0.25) is 5.02 Å². The Balaban J connectivity index is 1.68. The van der Waals surface area contributed by atoms with Crippen LogP contribution in [0.5, 0.6) is 0 Å². The number of likely N-dealkylation sites (tertiary alicyclic amines) is 1. The van der Waals surface area contributed by atoms with Gasteiger partial charge in [-0.15, -0.1) is 0 Å². The maximum atomic E-state index is 12.7. The second-order valence-electron chi connectivity index (χ2n) is 5.96. The number of rotatable bonds is 3. The predicted octanol–water partition coefficient (Wildman–Crippen LogP) is 3.70. The smallest absolute Gasteiger partial charge is 0.257 e. The van der Waals surface area contributed by atoms with Crippen molar-refractivity contribution in [1.29, 1.82) is 0 Å². The lowest BCUT2D eigenvalue weighted by Crippen LogP contribution is -2.35.